The Balaban J connectivity index is 1.03. The van der Waals surface area contributed by atoms with E-state index in [0.717, 1.165) is 83.5 Å². The normalized spacial score (nSPS) is 36.4. The summed E-state index contributed by atoms with van der Waals surface area (Å²) in [6.45, 7) is 5.41. The van der Waals surface area contributed by atoms with E-state index in [1.165, 1.54) is 25.7 Å². The van der Waals surface area contributed by atoms with Crippen LogP contribution in [0.4, 0.5) is 0 Å². The summed E-state index contributed by atoms with van der Waals surface area (Å²) in [5.41, 5.74) is 0. The molecule has 204 valence electrons. The van der Waals surface area contributed by atoms with Gasteiger partial charge in [0.2, 0.25) is 11.8 Å². The molecule has 0 radical (unpaired) electrons. The Hall–Kier alpha value is -1.22. The fraction of sp³-hybridized carbons (Fsp3) is 0.929. The molecule has 0 aromatic heterocycles. The lowest BCUT2D eigenvalue weighted by Crippen LogP contribution is -2.63. The van der Waals surface area contributed by atoms with Gasteiger partial charge in [0.25, 0.3) is 0 Å². The maximum Gasteiger partial charge on any atom is 0.226 e. The van der Waals surface area contributed by atoms with Crippen LogP contribution in [-0.2, 0) is 14.3 Å². The molecular formula is C28H49N5O3. The summed E-state index contributed by atoms with van der Waals surface area (Å²) in [6.07, 6.45) is 14.0. The van der Waals surface area contributed by atoms with Gasteiger partial charge in [0.1, 0.15) is 6.29 Å². The Morgan fingerprint density at radius 3 is 1.97 bits per heavy atom. The topological polar surface area (TPSA) is 85.9 Å². The molecule has 2 saturated heterocycles. The van der Waals surface area contributed by atoms with Crippen LogP contribution < -0.4 is 16.0 Å². The van der Waals surface area contributed by atoms with Crippen molar-refractivity contribution in [2.45, 2.75) is 114 Å². The first kappa shape index (κ1) is 26.4. The van der Waals surface area contributed by atoms with E-state index >= 15 is 0 Å². The molecule has 5 rings (SSSR count). The number of methoxy groups -OCH3 is 1. The highest BCUT2D eigenvalue weighted by Gasteiger charge is 2.42. The number of ether oxygens (including phenoxy) is 1. The third kappa shape index (κ3) is 6.43. The van der Waals surface area contributed by atoms with E-state index in [1.54, 1.807) is 6.92 Å². The summed E-state index contributed by atoms with van der Waals surface area (Å²) in [5.74, 6) is 2.26. The first-order valence-corrected chi connectivity index (χ1v) is 14.8. The zero-order valence-corrected chi connectivity index (χ0v) is 22.6. The molecule has 8 heteroatoms. The number of carbonyl (C=O) groups is 2. The van der Waals surface area contributed by atoms with Crippen molar-refractivity contribution in [3.05, 3.63) is 0 Å². The largest absolute Gasteiger partial charge is 0.381 e. The van der Waals surface area contributed by atoms with Crippen molar-refractivity contribution in [3.8, 4) is 0 Å². The second kappa shape index (κ2) is 12.1. The van der Waals surface area contributed by atoms with E-state index in [1.807, 2.05) is 12.0 Å². The van der Waals surface area contributed by atoms with Crippen molar-refractivity contribution in [2.75, 3.05) is 33.3 Å². The fourth-order valence-electron chi connectivity index (χ4n) is 7.35. The minimum atomic E-state index is 0.162. The molecule has 3 saturated carbocycles. The predicted octanol–water partition coefficient (Wildman–Crippen LogP) is 2.43. The van der Waals surface area contributed by atoms with Gasteiger partial charge in [0.05, 0.1) is 6.10 Å². The minimum absolute atomic E-state index is 0.162. The number of nitrogens with zero attached hydrogens (tertiary/aromatic N) is 2. The number of likely N-dealkylation sites (tertiary alicyclic amines) is 1. The fourth-order valence-corrected chi connectivity index (χ4v) is 7.35. The van der Waals surface area contributed by atoms with Gasteiger partial charge in [-0.05, 0) is 88.9 Å². The standard InChI is InChI=1S/C28H49N5O3/c1-19(34)32-15-13-25(14-16-32)33(24-9-10-24)27(35)21-3-7-23(8-4-21)31-28-29-17-22(18-30-28)20-5-11-26(36-2)12-6-20/h20-26,28-31H,3-18H2,1-2H3. The van der Waals surface area contributed by atoms with Gasteiger partial charge in [-0.1, -0.05) is 0 Å². The molecule has 3 aliphatic carbocycles. The van der Waals surface area contributed by atoms with Gasteiger partial charge in [-0.15, -0.1) is 0 Å². The van der Waals surface area contributed by atoms with Crippen LogP contribution in [0, 0.1) is 17.8 Å². The van der Waals surface area contributed by atoms with Crippen molar-refractivity contribution in [1.82, 2.24) is 25.8 Å². The van der Waals surface area contributed by atoms with E-state index in [4.69, 9.17) is 4.74 Å². The molecule has 5 aliphatic rings. The smallest absolute Gasteiger partial charge is 0.226 e. The van der Waals surface area contributed by atoms with Crippen LogP contribution in [0.3, 0.4) is 0 Å². The van der Waals surface area contributed by atoms with Crippen molar-refractivity contribution in [3.63, 3.8) is 0 Å². The lowest BCUT2D eigenvalue weighted by Gasteiger charge is -2.42. The molecular weight excluding hydrogens is 454 g/mol. The van der Waals surface area contributed by atoms with Crippen molar-refractivity contribution in [1.29, 1.82) is 0 Å². The lowest BCUT2D eigenvalue weighted by atomic mass is 9.78. The van der Waals surface area contributed by atoms with Crippen molar-refractivity contribution >= 4 is 11.8 Å². The highest BCUT2D eigenvalue weighted by molar-refractivity contribution is 5.80. The van der Waals surface area contributed by atoms with E-state index in [0.29, 0.717) is 36.1 Å². The summed E-state index contributed by atoms with van der Waals surface area (Å²) in [6, 6.07) is 1.25. The number of hydrogen-bond acceptors (Lipinski definition) is 6. The third-order valence-corrected chi connectivity index (χ3v) is 9.86. The highest BCUT2D eigenvalue weighted by atomic mass is 16.5. The second-order valence-electron chi connectivity index (χ2n) is 12.2. The number of hydrogen-bond donors (Lipinski definition) is 3. The molecule has 2 heterocycles. The minimum Gasteiger partial charge on any atom is -0.381 e. The molecule has 3 N–H and O–H groups in total. The number of nitrogens with one attached hydrogen (secondary N) is 3. The monoisotopic (exact) mass is 503 g/mol. The van der Waals surface area contributed by atoms with Gasteiger partial charge < -0.3 is 14.5 Å². The molecule has 0 unspecified atom stereocenters. The zero-order chi connectivity index (χ0) is 25.1. The van der Waals surface area contributed by atoms with Crippen LogP contribution in [0.15, 0.2) is 0 Å². The molecule has 2 amide bonds. The maximum absolute atomic E-state index is 13.6. The van der Waals surface area contributed by atoms with Gasteiger partial charge in [0.15, 0.2) is 0 Å². The van der Waals surface area contributed by atoms with E-state index in [-0.39, 0.29) is 18.1 Å². The average molecular weight is 504 g/mol. The van der Waals surface area contributed by atoms with E-state index in [9.17, 15) is 9.59 Å². The number of carbonyl (C=O) groups excluding carboxylic acids is 2. The van der Waals surface area contributed by atoms with E-state index < -0.39 is 0 Å². The van der Waals surface area contributed by atoms with Gasteiger partial charge in [-0.3, -0.25) is 25.5 Å². The summed E-state index contributed by atoms with van der Waals surface area (Å²) in [5, 5.41) is 11.2. The van der Waals surface area contributed by atoms with Crippen LogP contribution in [0.5, 0.6) is 0 Å². The number of rotatable bonds is 7. The van der Waals surface area contributed by atoms with Crippen LogP contribution in [0.1, 0.15) is 84.0 Å². The van der Waals surface area contributed by atoms with Gasteiger partial charge >= 0.3 is 0 Å². The molecule has 0 bridgehead atoms. The maximum atomic E-state index is 13.6. The second-order valence-corrected chi connectivity index (χ2v) is 12.2. The Morgan fingerprint density at radius 2 is 1.42 bits per heavy atom. The van der Waals surface area contributed by atoms with Gasteiger partial charge in [-0.2, -0.15) is 0 Å². The molecule has 8 nitrogen and oxygen atoms in total. The van der Waals surface area contributed by atoms with Crippen LogP contribution in [0.2, 0.25) is 0 Å². The highest BCUT2D eigenvalue weighted by Crippen LogP contribution is 2.36. The third-order valence-electron chi connectivity index (χ3n) is 9.86. The molecule has 5 fully saturated rings. The Morgan fingerprint density at radius 1 is 0.806 bits per heavy atom. The van der Waals surface area contributed by atoms with Crippen molar-refractivity contribution < 1.29 is 14.3 Å². The number of piperidine rings is 1. The quantitative estimate of drug-likeness (QED) is 0.495. The Labute approximate surface area is 217 Å². The Bertz CT molecular complexity index is 729. The van der Waals surface area contributed by atoms with Crippen LogP contribution in [0.25, 0.3) is 0 Å². The predicted molar refractivity (Wildman–Crippen MR) is 140 cm³/mol. The number of amides is 2. The van der Waals surface area contributed by atoms with Gasteiger partial charge in [-0.25, -0.2) is 0 Å². The van der Waals surface area contributed by atoms with Crippen LogP contribution in [-0.4, -0.2) is 85.4 Å². The summed E-state index contributed by atoms with van der Waals surface area (Å²) < 4.78 is 5.54. The van der Waals surface area contributed by atoms with Crippen LogP contribution >= 0.6 is 0 Å². The molecule has 2 aliphatic heterocycles. The summed E-state index contributed by atoms with van der Waals surface area (Å²) in [4.78, 5) is 29.5. The van der Waals surface area contributed by atoms with Gasteiger partial charge in [0, 0.05) is 64.3 Å². The average Bonchev–Trinajstić information content (AvgIpc) is 3.75. The zero-order valence-electron chi connectivity index (χ0n) is 22.6. The molecule has 0 aromatic rings. The van der Waals surface area contributed by atoms with E-state index in [2.05, 4.69) is 20.9 Å². The molecule has 36 heavy (non-hydrogen) atoms. The Kier molecular flexibility index (Phi) is 8.87. The molecule has 0 spiro atoms. The molecule has 0 aromatic carbocycles. The molecule has 0 atom stereocenters. The lowest BCUT2D eigenvalue weighted by molar-refractivity contribution is -0.141. The summed E-state index contributed by atoms with van der Waals surface area (Å²) in [7, 11) is 1.85. The van der Waals surface area contributed by atoms with Crippen molar-refractivity contribution in [2.24, 2.45) is 17.8 Å². The summed E-state index contributed by atoms with van der Waals surface area (Å²) >= 11 is 0. The SMILES string of the molecule is COC1CCC(C2CNC(NC3CCC(C(=O)N(C4CC4)C4CCN(C(C)=O)CC4)CC3)NC2)CC1. The first-order valence-electron chi connectivity index (χ1n) is 14.8. The first-order chi connectivity index (χ1) is 17.5.